The van der Waals surface area contributed by atoms with Crippen LogP contribution in [0.15, 0.2) is 18.2 Å². The quantitative estimate of drug-likeness (QED) is 0.665. The number of nitrogens with one attached hydrogen (secondary N) is 1. The lowest BCUT2D eigenvalue weighted by molar-refractivity contribution is -0.114. The Kier molecular flexibility index (Phi) is 4.32. The van der Waals surface area contributed by atoms with E-state index in [9.17, 15) is 9.59 Å². The summed E-state index contributed by atoms with van der Waals surface area (Å²) in [5.74, 6) is -0.312. The molecule has 0 aromatic heterocycles. The van der Waals surface area contributed by atoms with Gasteiger partial charge in [-0.2, -0.15) is 0 Å². The zero-order chi connectivity index (χ0) is 15.6. The van der Waals surface area contributed by atoms with Gasteiger partial charge in [-0.3, -0.25) is 9.59 Å². The molecular weight excluding hydrogens is 268 g/mol. The number of amides is 1. The molecule has 0 radical (unpaired) electrons. The number of methoxy groups -OCH3 is 1. The molecule has 1 aliphatic rings. The summed E-state index contributed by atoms with van der Waals surface area (Å²) >= 11 is 0. The van der Waals surface area contributed by atoms with Crippen LogP contribution in [0.5, 0.6) is 5.75 Å². The van der Waals surface area contributed by atoms with E-state index in [0.29, 0.717) is 23.5 Å². The van der Waals surface area contributed by atoms with Crippen molar-refractivity contribution >= 4 is 17.4 Å². The van der Waals surface area contributed by atoms with E-state index in [1.807, 2.05) is 0 Å². The molecule has 0 spiro atoms. The number of ketones is 1. The Labute approximate surface area is 125 Å². The van der Waals surface area contributed by atoms with E-state index in [1.54, 1.807) is 30.2 Å². The highest BCUT2D eigenvalue weighted by atomic mass is 16.5. The number of carbonyl (C=O) groups excluding carboxylic acids is 2. The van der Waals surface area contributed by atoms with Crippen molar-refractivity contribution in [3.05, 3.63) is 23.8 Å². The number of anilines is 1. The minimum atomic E-state index is -0.451. The maximum atomic E-state index is 12.1. The summed E-state index contributed by atoms with van der Waals surface area (Å²) in [6.07, 6.45) is 0.793. The second-order valence-corrected chi connectivity index (χ2v) is 6.20. The standard InChI is InChI=1S/C16H22N2O3/c1-16(2,3)17-8-5-9-18-13-7-6-11(21-4)10-12(13)14(19)15(18)20/h6-7,10,17H,5,8-9H2,1-4H3. The number of Topliss-reactive ketones (excluding diaryl/α,β-unsaturated/α-hetero) is 1. The summed E-state index contributed by atoms with van der Waals surface area (Å²) in [5.41, 5.74) is 1.17. The molecule has 114 valence electrons. The smallest absolute Gasteiger partial charge is 0.299 e. The summed E-state index contributed by atoms with van der Waals surface area (Å²) in [4.78, 5) is 25.6. The second kappa shape index (κ2) is 5.85. The van der Waals surface area contributed by atoms with Gasteiger partial charge in [0.25, 0.3) is 11.7 Å². The molecule has 1 aromatic carbocycles. The van der Waals surface area contributed by atoms with Gasteiger partial charge < -0.3 is 15.0 Å². The first-order valence-electron chi connectivity index (χ1n) is 7.13. The first-order chi connectivity index (χ1) is 9.83. The normalized spacial score (nSPS) is 14.6. The minimum absolute atomic E-state index is 0.0517. The number of nitrogens with zero attached hydrogens (tertiary/aromatic N) is 1. The van der Waals surface area contributed by atoms with Gasteiger partial charge in [0, 0.05) is 12.1 Å². The topological polar surface area (TPSA) is 58.6 Å². The van der Waals surface area contributed by atoms with Gasteiger partial charge in [0.2, 0.25) is 0 Å². The van der Waals surface area contributed by atoms with Crippen LogP contribution in [0.3, 0.4) is 0 Å². The molecule has 0 atom stereocenters. The van der Waals surface area contributed by atoms with Crippen LogP contribution >= 0.6 is 0 Å². The number of benzene rings is 1. The Morgan fingerprint density at radius 3 is 2.57 bits per heavy atom. The first-order valence-corrected chi connectivity index (χ1v) is 7.13. The van der Waals surface area contributed by atoms with Crippen LogP contribution in [0, 0.1) is 0 Å². The molecule has 0 saturated carbocycles. The average Bonchev–Trinajstić information content (AvgIpc) is 2.66. The fraction of sp³-hybridized carbons (Fsp3) is 0.500. The third kappa shape index (κ3) is 3.42. The van der Waals surface area contributed by atoms with Crippen LogP contribution in [0.4, 0.5) is 5.69 Å². The van der Waals surface area contributed by atoms with E-state index in [1.165, 1.54) is 0 Å². The van der Waals surface area contributed by atoms with E-state index in [2.05, 4.69) is 26.1 Å². The van der Waals surface area contributed by atoms with Gasteiger partial charge in [0.15, 0.2) is 0 Å². The highest BCUT2D eigenvalue weighted by Crippen LogP contribution is 2.31. The lowest BCUT2D eigenvalue weighted by Crippen LogP contribution is -2.38. The van der Waals surface area contributed by atoms with Crippen LogP contribution < -0.4 is 15.0 Å². The van der Waals surface area contributed by atoms with Crippen LogP contribution in [-0.4, -0.2) is 37.4 Å². The third-order valence-corrected chi connectivity index (χ3v) is 3.39. The maximum Gasteiger partial charge on any atom is 0.299 e. The molecule has 1 amide bonds. The predicted molar refractivity (Wildman–Crippen MR) is 82.1 cm³/mol. The van der Waals surface area contributed by atoms with Crippen molar-refractivity contribution in [1.29, 1.82) is 0 Å². The summed E-state index contributed by atoms with van der Waals surface area (Å²) in [6.45, 7) is 7.62. The second-order valence-electron chi connectivity index (χ2n) is 6.20. The summed E-state index contributed by atoms with van der Waals surface area (Å²) < 4.78 is 5.10. The monoisotopic (exact) mass is 290 g/mol. The first kappa shape index (κ1) is 15.5. The lowest BCUT2D eigenvalue weighted by atomic mass is 10.1. The molecule has 21 heavy (non-hydrogen) atoms. The Morgan fingerprint density at radius 1 is 1.24 bits per heavy atom. The van der Waals surface area contributed by atoms with E-state index in [4.69, 9.17) is 4.74 Å². The molecule has 5 heteroatoms. The van der Waals surface area contributed by atoms with Crippen LogP contribution in [0.2, 0.25) is 0 Å². The van der Waals surface area contributed by atoms with Gasteiger partial charge in [0.1, 0.15) is 5.75 Å². The Balaban J connectivity index is 2.05. The molecule has 1 aromatic rings. The van der Waals surface area contributed by atoms with Crippen molar-refractivity contribution in [3.63, 3.8) is 0 Å². The molecule has 0 unspecified atom stereocenters. The Bertz CT molecular complexity index is 561. The Hall–Kier alpha value is -1.88. The van der Waals surface area contributed by atoms with Gasteiger partial charge in [-0.25, -0.2) is 0 Å². The van der Waals surface area contributed by atoms with Crippen LogP contribution in [-0.2, 0) is 4.79 Å². The zero-order valence-corrected chi connectivity index (χ0v) is 13.0. The highest BCUT2D eigenvalue weighted by Gasteiger charge is 2.35. The van der Waals surface area contributed by atoms with Gasteiger partial charge in [-0.15, -0.1) is 0 Å². The third-order valence-electron chi connectivity index (χ3n) is 3.39. The number of fused-ring (bicyclic) bond motifs is 1. The SMILES string of the molecule is COc1ccc2c(c1)C(=O)C(=O)N2CCCNC(C)(C)C. The van der Waals surface area contributed by atoms with Gasteiger partial charge in [-0.05, 0) is 51.9 Å². The van der Waals surface area contributed by atoms with Crippen molar-refractivity contribution in [3.8, 4) is 5.75 Å². The molecule has 0 aliphatic carbocycles. The summed E-state index contributed by atoms with van der Waals surface area (Å²) in [5, 5.41) is 3.37. The average molecular weight is 290 g/mol. The van der Waals surface area contributed by atoms with Crippen molar-refractivity contribution in [2.75, 3.05) is 25.1 Å². The number of carbonyl (C=O) groups is 2. The summed E-state index contributed by atoms with van der Waals surface area (Å²) in [7, 11) is 1.54. The van der Waals surface area contributed by atoms with Crippen LogP contribution in [0.1, 0.15) is 37.6 Å². The van der Waals surface area contributed by atoms with E-state index < -0.39 is 11.7 Å². The van der Waals surface area contributed by atoms with Gasteiger partial charge >= 0.3 is 0 Å². The maximum absolute atomic E-state index is 12.1. The molecule has 2 rings (SSSR count). The molecule has 1 heterocycles. The lowest BCUT2D eigenvalue weighted by Gasteiger charge is -2.22. The van der Waals surface area contributed by atoms with Crippen LogP contribution in [0.25, 0.3) is 0 Å². The van der Waals surface area contributed by atoms with E-state index in [-0.39, 0.29) is 5.54 Å². The molecule has 1 N–H and O–H groups in total. The van der Waals surface area contributed by atoms with Crippen molar-refractivity contribution in [2.45, 2.75) is 32.7 Å². The molecular formula is C16H22N2O3. The molecule has 0 bridgehead atoms. The molecule has 0 fully saturated rings. The van der Waals surface area contributed by atoms with E-state index in [0.717, 1.165) is 13.0 Å². The number of hydrogen-bond acceptors (Lipinski definition) is 4. The van der Waals surface area contributed by atoms with E-state index >= 15 is 0 Å². The minimum Gasteiger partial charge on any atom is -0.497 e. The predicted octanol–water partition coefficient (Wildman–Crippen LogP) is 2.00. The van der Waals surface area contributed by atoms with Gasteiger partial charge in [-0.1, -0.05) is 0 Å². The van der Waals surface area contributed by atoms with Crippen molar-refractivity contribution < 1.29 is 14.3 Å². The molecule has 0 saturated heterocycles. The fourth-order valence-electron chi connectivity index (χ4n) is 2.33. The highest BCUT2D eigenvalue weighted by molar-refractivity contribution is 6.52. The van der Waals surface area contributed by atoms with Gasteiger partial charge in [0.05, 0.1) is 18.4 Å². The number of ether oxygens (including phenoxy) is 1. The largest absolute Gasteiger partial charge is 0.497 e. The number of hydrogen-bond donors (Lipinski definition) is 1. The zero-order valence-electron chi connectivity index (χ0n) is 13.0. The van der Waals surface area contributed by atoms with Crippen molar-refractivity contribution in [1.82, 2.24) is 5.32 Å². The molecule has 1 aliphatic heterocycles. The summed E-state index contributed by atoms with van der Waals surface area (Å²) in [6, 6.07) is 5.17. The molecule has 5 nitrogen and oxygen atoms in total. The fourth-order valence-corrected chi connectivity index (χ4v) is 2.33. The van der Waals surface area contributed by atoms with Crippen molar-refractivity contribution in [2.24, 2.45) is 0 Å². The number of rotatable bonds is 5. The Morgan fingerprint density at radius 2 is 1.95 bits per heavy atom.